The lowest BCUT2D eigenvalue weighted by Crippen LogP contribution is -2.39. The van der Waals surface area contributed by atoms with Crippen LogP contribution in [0.25, 0.3) is 0 Å². The molecule has 0 saturated carbocycles. The Morgan fingerprint density at radius 1 is 0.892 bits per heavy atom. The molecule has 1 aliphatic heterocycles. The molecule has 3 aromatic carbocycles. The zero-order valence-electron chi connectivity index (χ0n) is 20.1. The molecule has 3 nitrogen and oxygen atoms in total. The van der Waals surface area contributed by atoms with Crippen LogP contribution in [-0.4, -0.2) is 24.4 Å². The summed E-state index contributed by atoms with van der Waals surface area (Å²) in [6.45, 7) is 5.62. The Morgan fingerprint density at radius 3 is 2.05 bits per heavy atom. The number of rotatable bonds is 5. The van der Waals surface area contributed by atoms with Crippen LogP contribution in [0.4, 0.5) is 27.6 Å². The van der Waals surface area contributed by atoms with Gasteiger partial charge in [0, 0.05) is 24.7 Å². The average molecular weight is 515 g/mol. The zero-order chi connectivity index (χ0) is 26.2. The third kappa shape index (κ3) is 5.73. The van der Waals surface area contributed by atoms with Gasteiger partial charge in [0.2, 0.25) is 0 Å². The quantitative estimate of drug-likeness (QED) is 0.360. The Bertz CT molecular complexity index is 1230. The molecule has 2 aliphatic rings. The zero-order valence-corrected chi connectivity index (χ0v) is 20.1. The maximum absolute atomic E-state index is 14.1. The SMILES string of the molecule is C=C(Nc1ccc(OC(F)(F)F)cc1)N1CCCC(C2c3ccc(F)cc3CCc3cc(F)ccc32)C1. The van der Waals surface area contributed by atoms with Crippen LogP contribution in [0, 0.1) is 17.6 Å². The van der Waals surface area contributed by atoms with E-state index in [1.165, 1.54) is 36.4 Å². The van der Waals surface area contributed by atoms with Gasteiger partial charge in [0.15, 0.2) is 0 Å². The van der Waals surface area contributed by atoms with Crippen LogP contribution in [0.3, 0.4) is 0 Å². The molecule has 1 unspecified atom stereocenters. The Balaban J connectivity index is 1.37. The molecule has 1 N–H and O–H groups in total. The molecule has 1 fully saturated rings. The molecule has 194 valence electrons. The molecular formula is C29H27F5N2O. The standard InChI is InChI=1S/C29H27F5N2O/c1-18(35-24-8-10-25(11-9-24)37-29(32,33)34)36-14-2-3-21(17-36)28-26-12-6-22(30)15-19(26)4-5-20-16-23(31)7-13-27(20)28/h6-13,15-16,21,28,35H,1-5,14,17H2. The predicted molar refractivity (Wildman–Crippen MR) is 132 cm³/mol. The Hall–Kier alpha value is -3.55. The van der Waals surface area contributed by atoms with Crippen molar-refractivity contribution in [3.05, 3.63) is 107 Å². The normalized spacial score (nSPS) is 18.0. The molecule has 0 spiro atoms. The molecule has 0 aromatic heterocycles. The van der Waals surface area contributed by atoms with Crippen LogP contribution in [-0.2, 0) is 12.8 Å². The van der Waals surface area contributed by atoms with Crippen LogP contribution >= 0.6 is 0 Å². The minimum absolute atomic E-state index is 0.0110. The lowest BCUT2D eigenvalue weighted by atomic mass is 9.75. The number of nitrogens with zero attached hydrogens (tertiary/aromatic N) is 1. The first-order chi connectivity index (χ1) is 17.7. The second kappa shape index (κ2) is 10.1. The predicted octanol–water partition coefficient (Wildman–Crippen LogP) is 7.39. The van der Waals surface area contributed by atoms with Gasteiger partial charge in [-0.3, -0.25) is 0 Å². The van der Waals surface area contributed by atoms with Gasteiger partial charge in [-0.25, -0.2) is 8.78 Å². The number of alkyl halides is 3. The van der Waals surface area contributed by atoms with Crippen molar-refractivity contribution in [1.29, 1.82) is 0 Å². The summed E-state index contributed by atoms with van der Waals surface area (Å²) in [7, 11) is 0. The Morgan fingerprint density at radius 2 is 1.49 bits per heavy atom. The van der Waals surface area contributed by atoms with Crippen molar-refractivity contribution >= 4 is 5.69 Å². The maximum atomic E-state index is 14.1. The molecular weight excluding hydrogens is 487 g/mol. The molecule has 1 heterocycles. The number of aryl methyl sites for hydroxylation is 2. The van der Waals surface area contributed by atoms with Gasteiger partial charge in [-0.1, -0.05) is 18.7 Å². The van der Waals surface area contributed by atoms with Crippen LogP contribution in [0.2, 0.25) is 0 Å². The molecule has 0 bridgehead atoms. The van der Waals surface area contributed by atoms with Crippen LogP contribution < -0.4 is 10.1 Å². The summed E-state index contributed by atoms with van der Waals surface area (Å²) in [4.78, 5) is 2.13. The molecule has 0 radical (unpaired) electrons. The summed E-state index contributed by atoms with van der Waals surface area (Å²) in [6, 6.07) is 15.4. The summed E-state index contributed by atoms with van der Waals surface area (Å²) in [5.41, 5.74) is 4.67. The number of halogens is 5. The summed E-state index contributed by atoms with van der Waals surface area (Å²) in [5, 5.41) is 3.19. The van der Waals surface area contributed by atoms with Gasteiger partial charge >= 0.3 is 6.36 Å². The van der Waals surface area contributed by atoms with Crippen LogP contribution in [0.1, 0.15) is 41.0 Å². The van der Waals surface area contributed by atoms with E-state index in [1.54, 1.807) is 12.1 Å². The number of fused-ring (bicyclic) bond motifs is 2. The van der Waals surface area contributed by atoms with Crippen molar-refractivity contribution < 1.29 is 26.7 Å². The fraction of sp³-hybridized carbons (Fsp3) is 0.310. The second-order valence-corrected chi connectivity index (χ2v) is 9.66. The van der Waals surface area contributed by atoms with E-state index in [2.05, 4.69) is 21.5 Å². The highest BCUT2D eigenvalue weighted by Crippen LogP contribution is 2.43. The van der Waals surface area contributed by atoms with E-state index in [4.69, 9.17) is 0 Å². The van der Waals surface area contributed by atoms with Gasteiger partial charge in [0.05, 0.1) is 5.82 Å². The number of hydrogen-bond donors (Lipinski definition) is 1. The van der Waals surface area contributed by atoms with Crippen molar-refractivity contribution in [3.8, 4) is 5.75 Å². The summed E-state index contributed by atoms with van der Waals surface area (Å²) >= 11 is 0. The molecule has 1 saturated heterocycles. The maximum Gasteiger partial charge on any atom is 0.573 e. The van der Waals surface area contributed by atoms with Gasteiger partial charge in [0.25, 0.3) is 0 Å². The van der Waals surface area contributed by atoms with Gasteiger partial charge in [0.1, 0.15) is 17.4 Å². The summed E-state index contributed by atoms with van der Waals surface area (Å²) < 4.78 is 69.5. The molecule has 1 aliphatic carbocycles. The third-order valence-corrected chi connectivity index (χ3v) is 7.23. The molecule has 37 heavy (non-hydrogen) atoms. The fourth-order valence-corrected chi connectivity index (χ4v) is 5.65. The van der Waals surface area contributed by atoms with Crippen molar-refractivity contribution in [3.63, 3.8) is 0 Å². The smallest absolute Gasteiger partial charge is 0.406 e. The summed E-state index contributed by atoms with van der Waals surface area (Å²) in [5.74, 6) is -0.0282. The molecule has 0 amide bonds. The van der Waals surface area contributed by atoms with Crippen molar-refractivity contribution in [2.75, 3.05) is 18.4 Å². The molecule has 8 heteroatoms. The highest BCUT2D eigenvalue weighted by molar-refractivity contribution is 5.50. The minimum atomic E-state index is -4.74. The highest BCUT2D eigenvalue weighted by atomic mass is 19.4. The first-order valence-corrected chi connectivity index (χ1v) is 12.3. The first-order valence-electron chi connectivity index (χ1n) is 12.3. The lowest BCUT2D eigenvalue weighted by molar-refractivity contribution is -0.274. The van der Waals surface area contributed by atoms with Crippen LogP contribution in [0.15, 0.2) is 73.1 Å². The monoisotopic (exact) mass is 514 g/mol. The number of anilines is 1. The molecule has 1 atom stereocenters. The topological polar surface area (TPSA) is 24.5 Å². The number of benzene rings is 3. The van der Waals surface area contributed by atoms with Gasteiger partial charge < -0.3 is 15.0 Å². The van der Waals surface area contributed by atoms with E-state index in [-0.39, 0.29) is 29.2 Å². The first kappa shape index (κ1) is 25.1. The number of piperidine rings is 1. The van der Waals surface area contributed by atoms with E-state index < -0.39 is 6.36 Å². The van der Waals surface area contributed by atoms with E-state index in [9.17, 15) is 22.0 Å². The molecule has 5 rings (SSSR count). The van der Waals surface area contributed by atoms with Crippen molar-refractivity contribution in [2.24, 2.45) is 5.92 Å². The largest absolute Gasteiger partial charge is 0.573 e. The number of hydrogen-bond acceptors (Lipinski definition) is 3. The Labute approximate surface area is 212 Å². The van der Waals surface area contributed by atoms with Gasteiger partial charge in [-0.05, 0) is 102 Å². The second-order valence-electron chi connectivity index (χ2n) is 9.66. The van der Waals surface area contributed by atoms with E-state index in [1.807, 2.05) is 12.1 Å². The fourth-order valence-electron chi connectivity index (χ4n) is 5.65. The van der Waals surface area contributed by atoms with Crippen molar-refractivity contribution in [1.82, 2.24) is 4.90 Å². The van der Waals surface area contributed by atoms with E-state index in [0.717, 1.165) is 41.6 Å². The van der Waals surface area contributed by atoms with E-state index >= 15 is 0 Å². The lowest BCUT2D eigenvalue weighted by Gasteiger charge is -2.40. The summed E-state index contributed by atoms with van der Waals surface area (Å²) in [6.07, 6.45) is -1.58. The highest BCUT2D eigenvalue weighted by Gasteiger charge is 2.34. The minimum Gasteiger partial charge on any atom is -0.406 e. The number of nitrogens with one attached hydrogen (secondary N) is 1. The van der Waals surface area contributed by atoms with Gasteiger partial charge in [-0.2, -0.15) is 0 Å². The molecule has 3 aromatic rings. The average Bonchev–Trinajstić information content (AvgIpc) is 3.00. The number of ether oxygens (including phenoxy) is 1. The van der Waals surface area contributed by atoms with E-state index in [0.29, 0.717) is 30.9 Å². The Kier molecular flexibility index (Phi) is 6.84. The van der Waals surface area contributed by atoms with Crippen molar-refractivity contribution in [2.45, 2.75) is 38.0 Å². The van der Waals surface area contributed by atoms with Crippen LogP contribution in [0.5, 0.6) is 5.75 Å². The number of likely N-dealkylation sites (tertiary alicyclic amines) is 1. The van der Waals surface area contributed by atoms with Gasteiger partial charge in [-0.15, -0.1) is 13.2 Å². The third-order valence-electron chi connectivity index (χ3n) is 7.23.